The van der Waals surface area contributed by atoms with Crippen LogP contribution in [-0.2, 0) is 0 Å². The molecule has 0 N–H and O–H groups in total. The quantitative estimate of drug-likeness (QED) is 0.179. The van der Waals surface area contributed by atoms with Crippen LogP contribution in [0.5, 0.6) is 0 Å². The summed E-state index contributed by atoms with van der Waals surface area (Å²) in [6.07, 6.45) is 0. The summed E-state index contributed by atoms with van der Waals surface area (Å²) in [6.45, 7) is 0. The minimum atomic E-state index is 0.649. The van der Waals surface area contributed by atoms with E-state index in [4.69, 9.17) is 15.0 Å². The minimum absolute atomic E-state index is 0.649. The highest BCUT2D eigenvalue weighted by Crippen LogP contribution is 2.40. The van der Waals surface area contributed by atoms with Crippen molar-refractivity contribution in [2.45, 2.75) is 0 Å². The van der Waals surface area contributed by atoms with Crippen LogP contribution in [0.3, 0.4) is 0 Å². The van der Waals surface area contributed by atoms with E-state index in [9.17, 15) is 0 Å². The van der Waals surface area contributed by atoms with E-state index in [1.807, 2.05) is 18.2 Å². The molecule has 0 saturated heterocycles. The number of hydrogen-bond donors (Lipinski definition) is 0. The van der Waals surface area contributed by atoms with Crippen molar-refractivity contribution in [1.29, 1.82) is 0 Å². The van der Waals surface area contributed by atoms with Gasteiger partial charge in [0.25, 0.3) is 0 Å². The Balaban J connectivity index is 0.984. The zero-order valence-electron chi connectivity index (χ0n) is 29.0. The molecule has 8 aromatic carbocycles. The predicted molar refractivity (Wildman–Crippen MR) is 226 cm³/mol. The molecule has 0 aliphatic carbocycles. The maximum absolute atomic E-state index is 5.13. The van der Waals surface area contributed by atoms with Crippen molar-refractivity contribution in [3.05, 3.63) is 182 Å². The summed E-state index contributed by atoms with van der Waals surface area (Å²) in [4.78, 5) is 15.2. The number of hydrogen-bond acceptors (Lipinski definition) is 4. The van der Waals surface area contributed by atoms with Gasteiger partial charge in [-0.1, -0.05) is 146 Å². The molecule has 5 heteroatoms. The van der Waals surface area contributed by atoms with Gasteiger partial charge in [-0.25, -0.2) is 15.0 Å². The highest BCUT2D eigenvalue weighted by atomic mass is 32.1. The van der Waals surface area contributed by atoms with E-state index in [0.29, 0.717) is 17.5 Å². The number of benzene rings is 8. The molecule has 4 nitrogen and oxygen atoms in total. The van der Waals surface area contributed by atoms with Gasteiger partial charge in [-0.2, -0.15) is 0 Å². The molecule has 0 saturated carbocycles. The number of thiophene rings is 1. The first-order valence-corrected chi connectivity index (χ1v) is 18.9. The van der Waals surface area contributed by atoms with Crippen LogP contribution in [0.4, 0.5) is 0 Å². The highest BCUT2D eigenvalue weighted by molar-refractivity contribution is 7.25. The third kappa shape index (κ3) is 4.94. The summed E-state index contributed by atoms with van der Waals surface area (Å²) in [5, 5.41) is 7.49. The van der Waals surface area contributed by atoms with E-state index in [0.717, 1.165) is 33.5 Å². The van der Waals surface area contributed by atoms with Crippen LogP contribution < -0.4 is 0 Å². The van der Waals surface area contributed by atoms with E-state index in [1.165, 1.54) is 52.8 Å². The molecule has 3 heterocycles. The molecule has 252 valence electrons. The van der Waals surface area contributed by atoms with Crippen molar-refractivity contribution < 1.29 is 0 Å². The summed E-state index contributed by atoms with van der Waals surface area (Å²) in [6, 6.07) is 64.4. The average Bonchev–Trinajstić information content (AvgIpc) is 3.80. The van der Waals surface area contributed by atoms with Crippen molar-refractivity contribution in [2.75, 3.05) is 0 Å². The smallest absolute Gasteiger partial charge is 0.164 e. The zero-order chi connectivity index (χ0) is 35.6. The molecule has 0 atom stereocenters. The van der Waals surface area contributed by atoms with Gasteiger partial charge >= 0.3 is 0 Å². The van der Waals surface area contributed by atoms with E-state index in [2.05, 4.69) is 168 Å². The maximum atomic E-state index is 5.13. The molecule has 0 spiro atoms. The summed E-state index contributed by atoms with van der Waals surface area (Å²) < 4.78 is 4.86. The van der Waals surface area contributed by atoms with E-state index >= 15 is 0 Å². The van der Waals surface area contributed by atoms with E-state index in [1.54, 1.807) is 11.3 Å². The van der Waals surface area contributed by atoms with Gasteiger partial charge < -0.3 is 4.57 Å². The van der Waals surface area contributed by atoms with Crippen LogP contribution in [0.2, 0.25) is 0 Å². The number of aromatic nitrogens is 4. The maximum Gasteiger partial charge on any atom is 0.164 e. The summed E-state index contributed by atoms with van der Waals surface area (Å²) in [5.41, 5.74) is 8.74. The average molecular weight is 707 g/mol. The second kappa shape index (κ2) is 12.3. The lowest BCUT2D eigenvalue weighted by Crippen LogP contribution is -2.00. The van der Waals surface area contributed by atoms with E-state index in [-0.39, 0.29) is 0 Å². The Kier molecular flexibility index (Phi) is 7.00. The second-order valence-electron chi connectivity index (χ2n) is 13.6. The second-order valence-corrected chi connectivity index (χ2v) is 14.7. The third-order valence-corrected chi connectivity index (χ3v) is 11.6. The lowest BCUT2D eigenvalue weighted by molar-refractivity contribution is 1.08. The Morgan fingerprint density at radius 1 is 0.352 bits per heavy atom. The number of para-hydroxylation sites is 1. The largest absolute Gasteiger partial charge is 0.309 e. The van der Waals surface area contributed by atoms with Gasteiger partial charge in [-0.3, -0.25) is 0 Å². The van der Waals surface area contributed by atoms with E-state index < -0.39 is 0 Å². The fourth-order valence-electron chi connectivity index (χ4n) is 7.93. The van der Waals surface area contributed by atoms with Crippen LogP contribution in [0.25, 0.3) is 104 Å². The molecule has 54 heavy (non-hydrogen) atoms. The Bertz CT molecular complexity index is 3200. The van der Waals surface area contributed by atoms with Gasteiger partial charge in [-0.15, -0.1) is 11.3 Å². The minimum Gasteiger partial charge on any atom is -0.309 e. The lowest BCUT2D eigenvalue weighted by Gasteiger charge is -2.11. The summed E-state index contributed by atoms with van der Waals surface area (Å²) in [7, 11) is 0. The first-order valence-electron chi connectivity index (χ1n) is 18.1. The van der Waals surface area contributed by atoms with Gasteiger partial charge in [0.2, 0.25) is 0 Å². The standard InChI is InChI=1S/C49H30N4S/c1-2-12-34(13-3-1)47-50-48(52-49(51-47)40-17-10-20-44-46(40)39-16-7-9-19-43(39)54-44)35-23-21-31(22-24-35)32-25-28-36(29-26-32)53-41-18-8-6-15-38(41)45-37-14-5-4-11-33(37)27-30-42(45)53/h1-30H. The fourth-order valence-corrected chi connectivity index (χ4v) is 9.07. The van der Waals surface area contributed by atoms with Crippen molar-refractivity contribution in [3.8, 4) is 51.0 Å². The molecule has 11 rings (SSSR count). The Morgan fingerprint density at radius 3 is 1.74 bits per heavy atom. The molecule has 0 amide bonds. The monoisotopic (exact) mass is 706 g/mol. The topological polar surface area (TPSA) is 43.6 Å². The van der Waals surface area contributed by atoms with Crippen LogP contribution >= 0.6 is 11.3 Å². The summed E-state index contributed by atoms with van der Waals surface area (Å²) in [5.74, 6) is 1.98. The van der Waals surface area contributed by atoms with Crippen molar-refractivity contribution in [2.24, 2.45) is 0 Å². The molecule has 0 aliphatic heterocycles. The first kappa shape index (κ1) is 30.7. The van der Waals surface area contributed by atoms with Crippen molar-refractivity contribution in [1.82, 2.24) is 19.5 Å². The summed E-state index contributed by atoms with van der Waals surface area (Å²) >= 11 is 1.80. The third-order valence-electron chi connectivity index (χ3n) is 10.5. The molecule has 3 aromatic heterocycles. The van der Waals surface area contributed by atoms with Crippen molar-refractivity contribution in [3.63, 3.8) is 0 Å². The SMILES string of the molecule is c1ccc(-c2nc(-c3ccc(-c4ccc(-n5c6ccccc6c6c7ccccc7ccc65)cc4)cc3)nc(-c3cccc4sc5ccccc5c34)n2)cc1. The molecular weight excluding hydrogens is 677 g/mol. The molecule has 0 bridgehead atoms. The number of nitrogens with zero attached hydrogens (tertiary/aromatic N) is 4. The first-order chi connectivity index (χ1) is 26.8. The van der Waals surface area contributed by atoms with Crippen LogP contribution in [0.1, 0.15) is 0 Å². The van der Waals surface area contributed by atoms with Gasteiger partial charge in [0.1, 0.15) is 0 Å². The molecular formula is C49H30N4S. The van der Waals surface area contributed by atoms with Gasteiger partial charge in [0.15, 0.2) is 17.5 Å². The van der Waals surface area contributed by atoms with Crippen LogP contribution in [-0.4, -0.2) is 19.5 Å². The lowest BCUT2D eigenvalue weighted by atomic mass is 10.0. The molecule has 0 aliphatic rings. The molecule has 11 aromatic rings. The Hall–Kier alpha value is -6.95. The number of fused-ring (bicyclic) bond motifs is 8. The van der Waals surface area contributed by atoms with Crippen LogP contribution in [0, 0.1) is 0 Å². The molecule has 0 radical (unpaired) electrons. The predicted octanol–water partition coefficient (Wildman–Crippen LogP) is 13.2. The van der Waals surface area contributed by atoms with Gasteiger partial charge in [0, 0.05) is 53.3 Å². The Morgan fingerprint density at radius 2 is 0.944 bits per heavy atom. The normalized spacial score (nSPS) is 11.7. The zero-order valence-corrected chi connectivity index (χ0v) is 29.8. The molecule has 0 fully saturated rings. The Labute approximate surface area is 315 Å². The van der Waals surface area contributed by atoms with Crippen LogP contribution in [0.15, 0.2) is 182 Å². The van der Waals surface area contributed by atoms with Gasteiger partial charge in [0.05, 0.1) is 11.0 Å². The fraction of sp³-hybridized carbons (Fsp3) is 0. The van der Waals surface area contributed by atoms with Crippen molar-refractivity contribution >= 4 is 64.1 Å². The highest BCUT2D eigenvalue weighted by Gasteiger charge is 2.18. The van der Waals surface area contributed by atoms with Gasteiger partial charge in [-0.05, 0) is 58.3 Å². The number of rotatable bonds is 5. The molecule has 0 unspecified atom stereocenters.